The van der Waals surface area contributed by atoms with E-state index in [1.807, 2.05) is 47.2 Å². The monoisotopic (exact) mass is 303 g/mol. The number of benzene rings is 1. The van der Waals surface area contributed by atoms with E-state index in [-0.39, 0.29) is 6.04 Å². The van der Waals surface area contributed by atoms with Crippen LogP contribution in [0.3, 0.4) is 0 Å². The van der Waals surface area contributed by atoms with Crippen molar-refractivity contribution in [2.24, 2.45) is 5.73 Å². The number of imidazole rings is 1. The summed E-state index contributed by atoms with van der Waals surface area (Å²) in [5.74, 6) is 1.92. The number of nitrogens with zero attached hydrogens (tertiary/aromatic N) is 2. The molecule has 0 aliphatic carbocycles. The first kappa shape index (κ1) is 13.9. The van der Waals surface area contributed by atoms with Gasteiger partial charge < -0.3 is 15.2 Å². The molecule has 3 rings (SSSR count). The highest BCUT2D eigenvalue weighted by Crippen LogP contribution is 2.33. The van der Waals surface area contributed by atoms with Crippen LogP contribution in [0.5, 0.6) is 17.4 Å². The summed E-state index contributed by atoms with van der Waals surface area (Å²) in [5.41, 5.74) is 6.92. The minimum Gasteiger partial charge on any atom is -0.493 e. The number of ether oxygens (including phenoxy) is 2. The van der Waals surface area contributed by atoms with Crippen molar-refractivity contribution in [2.75, 3.05) is 7.11 Å². The van der Waals surface area contributed by atoms with Gasteiger partial charge in [-0.05, 0) is 19.1 Å². The molecule has 0 bridgehead atoms. The van der Waals surface area contributed by atoms with Crippen molar-refractivity contribution in [3.05, 3.63) is 41.5 Å². The number of thiazole rings is 1. The fourth-order valence-corrected chi connectivity index (χ4v) is 2.92. The zero-order chi connectivity index (χ0) is 14.8. The van der Waals surface area contributed by atoms with E-state index >= 15 is 0 Å². The molecule has 0 saturated carbocycles. The summed E-state index contributed by atoms with van der Waals surface area (Å²) in [6, 6.07) is 7.56. The predicted octanol–water partition coefficient (Wildman–Crippen LogP) is 3.09. The molecule has 0 spiro atoms. The van der Waals surface area contributed by atoms with Crippen molar-refractivity contribution >= 4 is 16.3 Å². The molecule has 110 valence electrons. The average molecular weight is 303 g/mol. The van der Waals surface area contributed by atoms with Gasteiger partial charge in [-0.1, -0.05) is 12.1 Å². The number of hydrogen-bond acceptors (Lipinski definition) is 5. The van der Waals surface area contributed by atoms with Gasteiger partial charge in [0.1, 0.15) is 0 Å². The topological polar surface area (TPSA) is 61.8 Å². The molecule has 1 aromatic carbocycles. The molecule has 2 aromatic heterocycles. The van der Waals surface area contributed by atoms with Gasteiger partial charge in [-0.3, -0.25) is 4.40 Å². The summed E-state index contributed by atoms with van der Waals surface area (Å²) in [5, 5.41) is 2.00. The highest BCUT2D eigenvalue weighted by atomic mass is 32.1. The van der Waals surface area contributed by atoms with Crippen molar-refractivity contribution < 1.29 is 9.47 Å². The van der Waals surface area contributed by atoms with Gasteiger partial charge in [0.25, 0.3) is 0 Å². The summed E-state index contributed by atoms with van der Waals surface area (Å²) in [6.45, 7) is 1.97. The van der Waals surface area contributed by atoms with Crippen LogP contribution in [0.2, 0.25) is 0 Å². The lowest BCUT2D eigenvalue weighted by Gasteiger charge is -2.10. The van der Waals surface area contributed by atoms with E-state index in [1.165, 1.54) is 0 Å². The summed E-state index contributed by atoms with van der Waals surface area (Å²) in [7, 11) is 1.62. The van der Waals surface area contributed by atoms with Gasteiger partial charge in [0.15, 0.2) is 16.5 Å². The Morgan fingerprint density at radius 2 is 2.10 bits per heavy atom. The van der Waals surface area contributed by atoms with Crippen molar-refractivity contribution in [3.63, 3.8) is 0 Å². The second kappa shape index (κ2) is 5.75. The molecule has 2 N–H and O–H groups in total. The van der Waals surface area contributed by atoms with Crippen LogP contribution in [0, 0.1) is 0 Å². The molecular formula is C15H17N3O2S. The fourth-order valence-electron chi connectivity index (χ4n) is 2.19. The van der Waals surface area contributed by atoms with Crippen LogP contribution >= 0.6 is 11.3 Å². The van der Waals surface area contributed by atoms with E-state index in [0.717, 1.165) is 10.7 Å². The highest BCUT2D eigenvalue weighted by molar-refractivity contribution is 7.15. The molecule has 0 aliphatic rings. The van der Waals surface area contributed by atoms with Crippen LogP contribution < -0.4 is 15.2 Å². The summed E-state index contributed by atoms with van der Waals surface area (Å²) in [4.78, 5) is 5.44. The van der Waals surface area contributed by atoms with E-state index in [4.69, 9.17) is 15.2 Å². The number of methoxy groups -OCH3 is 1. The molecule has 5 nitrogen and oxygen atoms in total. The van der Waals surface area contributed by atoms with Crippen molar-refractivity contribution in [1.82, 2.24) is 9.38 Å². The summed E-state index contributed by atoms with van der Waals surface area (Å²) in [6.07, 6.45) is 2.68. The van der Waals surface area contributed by atoms with Crippen LogP contribution in [-0.4, -0.2) is 22.5 Å². The Hall–Kier alpha value is -2.05. The molecule has 1 atom stereocenters. The van der Waals surface area contributed by atoms with Crippen LogP contribution in [0.15, 0.2) is 35.8 Å². The maximum Gasteiger partial charge on any atom is 0.242 e. The Kier molecular flexibility index (Phi) is 3.81. The SMILES string of the molecule is COc1ccccc1Oc1nc2sccn2c1CC(C)N. The Balaban J connectivity index is 2.01. The van der Waals surface area contributed by atoms with Crippen LogP contribution in [-0.2, 0) is 6.42 Å². The standard InChI is InChI=1S/C15H17N3O2S/c1-10(16)9-11-14(17-15-18(11)7-8-21-15)20-13-6-4-3-5-12(13)19-2/h3-8,10H,9,16H2,1-2H3. The van der Waals surface area contributed by atoms with Crippen molar-refractivity contribution in [2.45, 2.75) is 19.4 Å². The van der Waals surface area contributed by atoms with Crippen LogP contribution in [0.4, 0.5) is 0 Å². The molecule has 0 fully saturated rings. The van der Waals surface area contributed by atoms with Gasteiger partial charge in [0.2, 0.25) is 5.88 Å². The second-order valence-electron chi connectivity index (χ2n) is 4.85. The Bertz CT molecular complexity index is 748. The maximum atomic E-state index is 5.97. The first-order valence-corrected chi connectivity index (χ1v) is 7.58. The molecule has 21 heavy (non-hydrogen) atoms. The van der Waals surface area contributed by atoms with Crippen molar-refractivity contribution in [3.8, 4) is 17.4 Å². The lowest BCUT2D eigenvalue weighted by atomic mass is 10.2. The zero-order valence-corrected chi connectivity index (χ0v) is 12.8. The lowest BCUT2D eigenvalue weighted by molar-refractivity contribution is 0.373. The van der Waals surface area contributed by atoms with Gasteiger partial charge >= 0.3 is 0 Å². The Labute approximate surface area is 126 Å². The maximum absolute atomic E-state index is 5.97. The van der Waals surface area contributed by atoms with Gasteiger partial charge in [-0.2, -0.15) is 4.98 Å². The summed E-state index contributed by atoms with van der Waals surface area (Å²) >= 11 is 1.57. The zero-order valence-electron chi connectivity index (χ0n) is 11.9. The number of aromatic nitrogens is 2. The number of fused-ring (bicyclic) bond motifs is 1. The quantitative estimate of drug-likeness (QED) is 0.787. The molecule has 1 unspecified atom stereocenters. The van der Waals surface area contributed by atoms with Gasteiger partial charge in [-0.25, -0.2) is 0 Å². The molecule has 6 heteroatoms. The van der Waals surface area contributed by atoms with E-state index in [1.54, 1.807) is 18.4 Å². The molecule has 0 amide bonds. The minimum atomic E-state index is 0.0322. The van der Waals surface area contributed by atoms with E-state index in [2.05, 4.69) is 4.98 Å². The predicted molar refractivity (Wildman–Crippen MR) is 83.5 cm³/mol. The molecule has 0 radical (unpaired) electrons. The van der Waals surface area contributed by atoms with Crippen LogP contribution in [0.25, 0.3) is 4.96 Å². The van der Waals surface area contributed by atoms with Gasteiger partial charge in [0.05, 0.1) is 12.8 Å². The molecule has 0 saturated heterocycles. The highest BCUT2D eigenvalue weighted by Gasteiger charge is 2.17. The lowest BCUT2D eigenvalue weighted by Crippen LogP contribution is -2.19. The van der Waals surface area contributed by atoms with Crippen LogP contribution in [0.1, 0.15) is 12.6 Å². The molecular weight excluding hydrogens is 286 g/mol. The Morgan fingerprint density at radius 3 is 2.81 bits per heavy atom. The number of rotatable bonds is 5. The second-order valence-corrected chi connectivity index (χ2v) is 5.73. The Morgan fingerprint density at radius 1 is 1.33 bits per heavy atom. The van der Waals surface area contributed by atoms with Crippen molar-refractivity contribution in [1.29, 1.82) is 0 Å². The summed E-state index contributed by atoms with van der Waals surface area (Å²) < 4.78 is 13.3. The third-order valence-corrected chi connectivity index (χ3v) is 3.87. The number of nitrogens with two attached hydrogens (primary N) is 1. The molecule has 0 aliphatic heterocycles. The third-order valence-electron chi connectivity index (χ3n) is 3.12. The van der Waals surface area contributed by atoms with E-state index in [0.29, 0.717) is 23.8 Å². The smallest absolute Gasteiger partial charge is 0.242 e. The van der Waals surface area contributed by atoms with E-state index in [9.17, 15) is 0 Å². The minimum absolute atomic E-state index is 0.0322. The number of para-hydroxylation sites is 2. The first-order chi connectivity index (χ1) is 10.2. The first-order valence-electron chi connectivity index (χ1n) is 6.70. The molecule has 2 heterocycles. The largest absolute Gasteiger partial charge is 0.493 e. The fraction of sp³-hybridized carbons (Fsp3) is 0.267. The van der Waals surface area contributed by atoms with Gasteiger partial charge in [-0.15, -0.1) is 11.3 Å². The molecule has 3 aromatic rings. The van der Waals surface area contributed by atoms with E-state index < -0.39 is 0 Å². The normalized spacial score (nSPS) is 12.5. The third kappa shape index (κ3) is 2.72. The average Bonchev–Trinajstić information content (AvgIpc) is 3.03. The number of hydrogen-bond donors (Lipinski definition) is 1. The van der Waals surface area contributed by atoms with Gasteiger partial charge in [0, 0.05) is 24.0 Å².